The van der Waals surface area contributed by atoms with Gasteiger partial charge in [-0.25, -0.2) is 9.59 Å². The van der Waals surface area contributed by atoms with Crippen LogP contribution < -0.4 is 5.32 Å². The smallest absolute Gasteiger partial charge is 0.414 e. The maximum atomic E-state index is 9.10. The van der Waals surface area contributed by atoms with E-state index in [1.165, 1.54) is 0 Å². The molecule has 0 spiro atoms. The molecule has 0 radical (unpaired) electrons. The van der Waals surface area contributed by atoms with Crippen LogP contribution in [0, 0.1) is 6.92 Å². The summed E-state index contributed by atoms with van der Waals surface area (Å²) in [5, 5.41) is 19.8. The third-order valence-corrected chi connectivity index (χ3v) is 5.10. The molecule has 8 heteroatoms. The van der Waals surface area contributed by atoms with E-state index in [0.29, 0.717) is 0 Å². The first-order chi connectivity index (χ1) is 13.7. The molecular formula is C21H26Cl2N2O4. The fourth-order valence-electron chi connectivity index (χ4n) is 2.65. The zero-order valence-electron chi connectivity index (χ0n) is 16.7. The molecule has 2 aromatic carbocycles. The second-order valence-electron chi connectivity index (χ2n) is 6.17. The topological polar surface area (TPSA) is 89.9 Å². The van der Waals surface area contributed by atoms with Crippen molar-refractivity contribution in [2.75, 3.05) is 31.5 Å². The summed E-state index contributed by atoms with van der Waals surface area (Å²) in [5.74, 6) is -3.65. The first-order valence-electron chi connectivity index (χ1n) is 9.18. The Morgan fingerprint density at radius 2 is 1.52 bits per heavy atom. The highest BCUT2D eigenvalue weighted by Crippen LogP contribution is 2.34. The highest BCUT2D eigenvalue weighted by atomic mass is 35.5. The summed E-state index contributed by atoms with van der Waals surface area (Å²) >= 11 is 12.5. The summed E-state index contributed by atoms with van der Waals surface area (Å²) in [7, 11) is 0. The Bertz CT molecular complexity index is 810. The van der Waals surface area contributed by atoms with Crippen LogP contribution in [0.25, 0.3) is 11.1 Å². The molecule has 6 nitrogen and oxygen atoms in total. The average Bonchev–Trinajstić information content (AvgIpc) is 2.70. The molecule has 0 unspecified atom stereocenters. The molecule has 0 aliphatic carbocycles. The third-order valence-electron chi connectivity index (χ3n) is 4.36. The lowest BCUT2D eigenvalue weighted by Gasteiger charge is -2.19. The number of carboxylic acids is 2. The van der Waals surface area contributed by atoms with Gasteiger partial charge in [0.15, 0.2) is 0 Å². The van der Waals surface area contributed by atoms with E-state index >= 15 is 0 Å². The van der Waals surface area contributed by atoms with Crippen molar-refractivity contribution in [1.82, 2.24) is 4.90 Å². The van der Waals surface area contributed by atoms with Gasteiger partial charge in [-0.15, -0.1) is 0 Å². The molecule has 0 saturated heterocycles. The molecule has 0 amide bonds. The largest absolute Gasteiger partial charge is 0.473 e. The fourth-order valence-corrected chi connectivity index (χ4v) is 3.01. The Balaban J connectivity index is 0.000000612. The molecule has 0 bridgehead atoms. The second kappa shape index (κ2) is 12.3. The molecule has 0 aliphatic rings. The summed E-state index contributed by atoms with van der Waals surface area (Å²) in [6.45, 7) is 10.5. The van der Waals surface area contributed by atoms with E-state index < -0.39 is 11.9 Å². The first-order valence-corrected chi connectivity index (χ1v) is 9.94. The van der Waals surface area contributed by atoms with Crippen LogP contribution in [0.1, 0.15) is 19.4 Å². The number of rotatable bonds is 7. The summed E-state index contributed by atoms with van der Waals surface area (Å²) in [4.78, 5) is 20.6. The number of nitrogens with zero attached hydrogens (tertiary/aromatic N) is 1. The zero-order chi connectivity index (χ0) is 22.0. The van der Waals surface area contributed by atoms with E-state index in [-0.39, 0.29) is 0 Å². The summed E-state index contributed by atoms with van der Waals surface area (Å²) in [6.07, 6.45) is 0. The van der Waals surface area contributed by atoms with Crippen LogP contribution >= 0.6 is 23.2 Å². The van der Waals surface area contributed by atoms with Gasteiger partial charge in [-0.05, 0) is 54.9 Å². The number of carbonyl (C=O) groups is 2. The number of likely N-dealkylation sites (N-methyl/N-ethyl adjacent to an activating group) is 1. The van der Waals surface area contributed by atoms with Crippen molar-refractivity contribution < 1.29 is 19.8 Å². The van der Waals surface area contributed by atoms with E-state index in [0.717, 1.165) is 58.6 Å². The quantitative estimate of drug-likeness (QED) is 0.531. The number of carboxylic acid groups (broad SMARTS) is 2. The van der Waals surface area contributed by atoms with Gasteiger partial charge in [0, 0.05) is 18.1 Å². The van der Waals surface area contributed by atoms with Gasteiger partial charge in [-0.3, -0.25) is 0 Å². The maximum Gasteiger partial charge on any atom is 0.414 e. The Hall–Kier alpha value is -2.28. The lowest BCUT2D eigenvalue weighted by Crippen LogP contribution is -2.28. The molecule has 0 heterocycles. The minimum atomic E-state index is -1.82. The Morgan fingerprint density at radius 1 is 0.966 bits per heavy atom. The average molecular weight is 441 g/mol. The minimum absolute atomic E-state index is 0.743. The van der Waals surface area contributed by atoms with Gasteiger partial charge in [0.1, 0.15) is 0 Å². The van der Waals surface area contributed by atoms with Crippen molar-refractivity contribution in [2.45, 2.75) is 20.8 Å². The van der Waals surface area contributed by atoms with Crippen molar-refractivity contribution >= 4 is 40.8 Å². The maximum absolute atomic E-state index is 9.10. The van der Waals surface area contributed by atoms with Gasteiger partial charge in [0.2, 0.25) is 0 Å². The third kappa shape index (κ3) is 7.93. The molecule has 158 valence electrons. The normalized spacial score (nSPS) is 10.3. The standard InChI is InChI=1S/C19H24Cl2N2.C2H2O4/c1-4-23(5-2)13-12-22-18-11-10-17(14(3)19(18)21)15-6-8-16(20)9-7-15;3-1(4)2(5)6/h6-11,22H,4-5,12-13H2,1-3H3;(H,3,4)(H,5,6). The fraction of sp³-hybridized carbons (Fsp3) is 0.333. The molecule has 0 saturated carbocycles. The van der Waals surface area contributed by atoms with Gasteiger partial charge in [0.05, 0.1) is 10.7 Å². The summed E-state index contributed by atoms with van der Waals surface area (Å²) in [5.41, 5.74) is 4.35. The number of benzene rings is 2. The van der Waals surface area contributed by atoms with Crippen LogP contribution in [0.5, 0.6) is 0 Å². The molecule has 0 aromatic heterocycles. The van der Waals surface area contributed by atoms with Gasteiger partial charge in [-0.1, -0.05) is 55.2 Å². The van der Waals surface area contributed by atoms with Crippen molar-refractivity contribution in [2.24, 2.45) is 0 Å². The first kappa shape index (κ1) is 24.8. The predicted octanol–water partition coefficient (Wildman–Crippen LogP) is 4.88. The number of nitrogens with one attached hydrogen (secondary N) is 1. The van der Waals surface area contributed by atoms with E-state index in [4.69, 9.17) is 43.0 Å². The van der Waals surface area contributed by atoms with Crippen molar-refractivity contribution in [3.8, 4) is 11.1 Å². The number of hydrogen-bond acceptors (Lipinski definition) is 4. The Labute approximate surface area is 181 Å². The second-order valence-corrected chi connectivity index (χ2v) is 6.98. The number of anilines is 1. The lowest BCUT2D eigenvalue weighted by atomic mass is 10.00. The van der Waals surface area contributed by atoms with Crippen LogP contribution in [0.15, 0.2) is 36.4 Å². The van der Waals surface area contributed by atoms with E-state index in [1.807, 2.05) is 24.3 Å². The Morgan fingerprint density at radius 3 is 2.00 bits per heavy atom. The van der Waals surface area contributed by atoms with Crippen LogP contribution in [-0.2, 0) is 9.59 Å². The molecule has 0 fully saturated rings. The van der Waals surface area contributed by atoms with Gasteiger partial charge < -0.3 is 20.4 Å². The SMILES string of the molecule is CCN(CC)CCNc1ccc(-c2ccc(Cl)cc2)c(C)c1Cl.O=C(O)C(=O)O. The minimum Gasteiger partial charge on any atom is -0.473 e. The van der Waals surface area contributed by atoms with Crippen LogP contribution in [-0.4, -0.2) is 53.2 Å². The molecule has 0 atom stereocenters. The van der Waals surface area contributed by atoms with Crippen molar-refractivity contribution in [3.63, 3.8) is 0 Å². The molecule has 29 heavy (non-hydrogen) atoms. The van der Waals surface area contributed by atoms with Crippen LogP contribution in [0.3, 0.4) is 0 Å². The monoisotopic (exact) mass is 440 g/mol. The van der Waals surface area contributed by atoms with Crippen LogP contribution in [0.4, 0.5) is 5.69 Å². The number of aliphatic carboxylic acids is 2. The van der Waals surface area contributed by atoms with Gasteiger partial charge >= 0.3 is 11.9 Å². The molecule has 3 N–H and O–H groups in total. The van der Waals surface area contributed by atoms with E-state index in [2.05, 4.69) is 43.1 Å². The predicted molar refractivity (Wildman–Crippen MR) is 118 cm³/mol. The zero-order valence-corrected chi connectivity index (χ0v) is 18.2. The molecule has 0 aliphatic heterocycles. The van der Waals surface area contributed by atoms with Gasteiger partial charge in [-0.2, -0.15) is 0 Å². The summed E-state index contributed by atoms with van der Waals surface area (Å²) < 4.78 is 0. The van der Waals surface area contributed by atoms with Crippen molar-refractivity contribution in [1.29, 1.82) is 0 Å². The highest BCUT2D eigenvalue weighted by Gasteiger charge is 2.10. The summed E-state index contributed by atoms with van der Waals surface area (Å²) in [6, 6.07) is 12.0. The van der Waals surface area contributed by atoms with E-state index in [1.54, 1.807) is 0 Å². The van der Waals surface area contributed by atoms with Crippen molar-refractivity contribution in [3.05, 3.63) is 52.0 Å². The molecule has 2 rings (SSSR count). The molecular weight excluding hydrogens is 415 g/mol. The lowest BCUT2D eigenvalue weighted by molar-refractivity contribution is -0.159. The molecule has 2 aromatic rings. The van der Waals surface area contributed by atoms with Crippen LogP contribution in [0.2, 0.25) is 10.0 Å². The highest BCUT2D eigenvalue weighted by molar-refractivity contribution is 6.34. The number of hydrogen-bond donors (Lipinski definition) is 3. The number of halogens is 2. The van der Waals surface area contributed by atoms with Gasteiger partial charge in [0.25, 0.3) is 0 Å². The van der Waals surface area contributed by atoms with E-state index in [9.17, 15) is 0 Å². The Kier molecular flexibility index (Phi) is 10.5.